The lowest BCUT2D eigenvalue weighted by Crippen LogP contribution is -1.98. The number of benzene rings is 1. The van der Waals surface area contributed by atoms with Crippen LogP contribution in [0.2, 0.25) is 0 Å². The maximum absolute atomic E-state index is 4.45. The minimum atomic E-state index is 0.894. The molecule has 0 unspecified atom stereocenters. The largest absolute Gasteiger partial charge is 0.330 e. The maximum Gasteiger partial charge on any atom is 0.0958 e. The van der Waals surface area contributed by atoms with Crippen LogP contribution in [0.5, 0.6) is 0 Å². The molecule has 2 aromatic rings. The zero-order valence-corrected chi connectivity index (χ0v) is 10.3. The van der Waals surface area contributed by atoms with E-state index in [1.807, 2.05) is 6.33 Å². The number of fused-ring (bicyclic) bond motifs is 1. The van der Waals surface area contributed by atoms with E-state index in [4.69, 9.17) is 0 Å². The number of rotatable bonds is 2. The smallest absolute Gasteiger partial charge is 0.0958 e. The van der Waals surface area contributed by atoms with Crippen LogP contribution in [-0.2, 0) is 6.54 Å². The Morgan fingerprint density at radius 3 is 3.00 bits per heavy atom. The average molecular weight is 265 g/mol. The molecule has 1 aliphatic rings. The summed E-state index contributed by atoms with van der Waals surface area (Å²) < 4.78 is 3.42. The molecule has 15 heavy (non-hydrogen) atoms. The van der Waals surface area contributed by atoms with Gasteiger partial charge in [-0.15, -0.1) is 0 Å². The van der Waals surface area contributed by atoms with Crippen LogP contribution in [0.15, 0.2) is 22.9 Å². The van der Waals surface area contributed by atoms with Gasteiger partial charge in [0.1, 0.15) is 0 Å². The highest BCUT2D eigenvalue weighted by atomic mass is 79.9. The molecule has 0 aliphatic heterocycles. The number of hydrogen-bond donors (Lipinski definition) is 0. The first-order valence-electron chi connectivity index (χ1n) is 5.35. The zero-order chi connectivity index (χ0) is 10.4. The van der Waals surface area contributed by atoms with E-state index in [9.17, 15) is 0 Å². The zero-order valence-electron chi connectivity index (χ0n) is 8.70. The standard InChI is InChI=1S/C12H13BrN2/c1-8-4-10(13)5-11-12(8)15(7-14-11)6-9-2-3-9/h4-5,7,9H,2-3,6H2,1H3. The third-order valence-electron chi connectivity index (χ3n) is 3.02. The summed E-state index contributed by atoms with van der Waals surface area (Å²) in [4.78, 5) is 4.45. The monoisotopic (exact) mass is 264 g/mol. The fraction of sp³-hybridized carbons (Fsp3) is 0.417. The van der Waals surface area contributed by atoms with Crippen LogP contribution in [0.25, 0.3) is 11.0 Å². The van der Waals surface area contributed by atoms with Crippen molar-refractivity contribution in [2.75, 3.05) is 0 Å². The molecule has 1 saturated carbocycles. The van der Waals surface area contributed by atoms with Gasteiger partial charge in [-0.05, 0) is 43.4 Å². The summed E-state index contributed by atoms with van der Waals surface area (Å²) in [6.45, 7) is 3.29. The van der Waals surface area contributed by atoms with Crippen LogP contribution in [0.3, 0.4) is 0 Å². The van der Waals surface area contributed by atoms with Gasteiger partial charge in [0, 0.05) is 11.0 Å². The van der Waals surface area contributed by atoms with Gasteiger partial charge in [0.15, 0.2) is 0 Å². The molecule has 1 heterocycles. The molecule has 1 aromatic heterocycles. The molecule has 3 rings (SSSR count). The van der Waals surface area contributed by atoms with Gasteiger partial charge in [-0.25, -0.2) is 4.98 Å². The predicted molar refractivity (Wildman–Crippen MR) is 64.9 cm³/mol. The number of nitrogens with zero attached hydrogens (tertiary/aromatic N) is 2. The highest BCUT2D eigenvalue weighted by Crippen LogP contribution is 2.32. The molecule has 0 bridgehead atoms. The van der Waals surface area contributed by atoms with Gasteiger partial charge in [0.25, 0.3) is 0 Å². The molecule has 0 spiro atoms. The van der Waals surface area contributed by atoms with Gasteiger partial charge in [0.05, 0.1) is 17.4 Å². The highest BCUT2D eigenvalue weighted by Gasteiger charge is 2.22. The van der Waals surface area contributed by atoms with E-state index < -0.39 is 0 Å². The van der Waals surface area contributed by atoms with Gasteiger partial charge in [-0.3, -0.25) is 0 Å². The molecule has 1 aromatic carbocycles. The van der Waals surface area contributed by atoms with Crippen LogP contribution in [0.1, 0.15) is 18.4 Å². The molecule has 0 radical (unpaired) electrons. The van der Waals surface area contributed by atoms with E-state index in [0.29, 0.717) is 0 Å². The summed E-state index contributed by atoms with van der Waals surface area (Å²) in [5.41, 5.74) is 3.70. The molecule has 78 valence electrons. The van der Waals surface area contributed by atoms with Crippen molar-refractivity contribution in [1.82, 2.24) is 9.55 Å². The Kier molecular flexibility index (Phi) is 2.09. The van der Waals surface area contributed by atoms with Gasteiger partial charge in [-0.1, -0.05) is 15.9 Å². The van der Waals surface area contributed by atoms with E-state index in [1.54, 1.807) is 0 Å². The van der Waals surface area contributed by atoms with Crippen LogP contribution in [0.4, 0.5) is 0 Å². The van der Waals surface area contributed by atoms with Crippen molar-refractivity contribution in [3.05, 3.63) is 28.5 Å². The summed E-state index contributed by atoms with van der Waals surface area (Å²) >= 11 is 3.51. The molecule has 0 atom stereocenters. The SMILES string of the molecule is Cc1cc(Br)cc2ncn(CC3CC3)c12. The second-order valence-electron chi connectivity index (χ2n) is 4.43. The summed E-state index contributed by atoms with van der Waals surface area (Å²) in [5, 5.41) is 0. The Labute approximate surface area is 97.4 Å². The van der Waals surface area contributed by atoms with Gasteiger partial charge in [-0.2, -0.15) is 0 Å². The molecule has 3 heteroatoms. The summed E-state index contributed by atoms with van der Waals surface area (Å²) in [6, 6.07) is 4.25. The minimum absolute atomic E-state index is 0.894. The number of aryl methyl sites for hydroxylation is 1. The summed E-state index contributed by atoms with van der Waals surface area (Å²) in [5.74, 6) is 0.894. The molecular formula is C12H13BrN2. The van der Waals surface area contributed by atoms with E-state index in [-0.39, 0.29) is 0 Å². The molecule has 2 nitrogen and oxygen atoms in total. The first-order chi connectivity index (χ1) is 7.24. The third kappa shape index (κ3) is 1.69. The van der Waals surface area contributed by atoms with Crippen LogP contribution in [-0.4, -0.2) is 9.55 Å². The number of hydrogen-bond acceptors (Lipinski definition) is 1. The first kappa shape index (κ1) is 9.40. The van der Waals surface area contributed by atoms with Crippen molar-refractivity contribution in [2.45, 2.75) is 26.3 Å². The quantitative estimate of drug-likeness (QED) is 0.812. The third-order valence-corrected chi connectivity index (χ3v) is 3.48. The normalized spacial score (nSPS) is 16.1. The van der Waals surface area contributed by atoms with Crippen molar-refractivity contribution in [3.8, 4) is 0 Å². The predicted octanol–water partition coefficient (Wildman–Crippen LogP) is 3.52. The lowest BCUT2D eigenvalue weighted by molar-refractivity contribution is 0.641. The summed E-state index contributed by atoms with van der Waals surface area (Å²) in [6.07, 6.45) is 4.74. The van der Waals surface area contributed by atoms with E-state index in [0.717, 1.165) is 22.5 Å². The number of imidazole rings is 1. The van der Waals surface area contributed by atoms with E-state index in [1.165, 1.54) is 23.9 Å². The van der Waals surface area contributed by atoms with Crippen molar-refractivity contribution in [3.63, 3.8) is 0 Å². The highest BCUT2D eigenvalue weighted by molar-refractivity contribution is 9.10. The molecular weight excluding hydrogens is 252 g/mol. The van der Waals surface area contributed by atoms with Gasteiger partial charge < -0.3 is 4.57 Å². The van der Waals surface area contributed by atoms with Crippen molar-refractivity contribution < 1.29 is 0 Å². The Morgan fingerprint density at radius 2 is 2.27 bits per heavy atom. The fourth-order valence-corrected chi connectivity index (χ4v) is 2.66. The molecule has 1 aliphatic carbocycles. The Hall–Kier alpha value is -0.830. The molecule has 0 saturated heterocycles. The van der Waals surface area contributed by atoms with E-state index >= 15 is 0 Å². The van der Waals surface area contributed by atoms with Crippen molar-refractivity contribution in [1.29, 1.82) is 0 Å². The molecule has 0 amide bonds. The Balaban J connectivity index is 2.14. The lowest BCUT2D eigenvalue weighted by atomic mass is 10.2. The second kappa shape index (κ2) is 3.34. The minimum Gasteiger partial charge on any atom is -0.330 e. The van der Waals surface area contributed by atoms with Crippen molar-refractivity contribution >= 4 is 27.0 Å². The van der Waals surface area contributed by atoms with Gasteiger partial charge in [0.2, 0.25) is 0 Å². The van der Waals surface area contributed by atoms with Crippen molar-refractivity contribution in [2.24, 2.45) is 5.92 Å². The second-order valence-corrected chi connectivity index (χ2v) is 5.35. The molecule has 0 N–H and O–H groups in total. The average Bonchev–Trinajstić information content (AvgIpc) is 2.87. The summed E-state index contributed by atoms with van der Waals surface area (Å²) in [7, 11) is 0. The number of aromatic nitrogens is 2. The lowest BCUT2D eigenvalue weighted by Gasteiger charge is -2.05. The number of halogens is 1. The van der Waals surface area contributed by atoms with E-state index in [2.05, 4.69) is 44.5 Å². The Morgan fingerprint density at radius 1 is 1.47 bits per heavy atom. The van der Waals surface area contributed by atoms with Crippen LogP contribution >= 0.6 is 15.9 Å². The maximum atomic E-state index is 4.45. The van der Waals surface area contributed by atoms with Crippen LogP contribution < -0.4 is 0 Å². The first-order valence-corrected chi connectivity index (χ1v) is 6.14. The molecule has 1 fully saturated rings. The topological polar surface area (TPSA) is 17.8 Å². The van der Waals surface area contributed by atoms with Crippen LogP contribution in [0, 0.1) is 12.8 Å². The fourth-order valence-electron chi connectivity index (χ4n) is 2.10. The Bertz CT molecular complexity index is 512. The van der Waals surface area contributed by atoms with Gasteiger partial charge >= 0.3 is 0 Å².